The summed E-state index contributed by atoms with van der Waals surface area (Å²) in [6, 6.07) is 0. The minimum Gasteiger partial charge on any atom is -0.307 e. The molecule has 0 amide bonds. The minimum atomic E-state index is 0.626. The highest BCUT2D eigenvalue weighted by Gasteiger charge is 1.58. The second kappa shape index (κ2) is 5.75. The number of rotatable bonds is 3. The number of aliphatic imine (C=N–C) groups is 1. The predicted molar refractivity (Wildman–Crippen MR) is 32.5 cm³/mol. The molecule has 0 atom stereocenters. The van der Waals surface area contributed by atoms with Crippen molar-refractivity contribution in [2.45, 2.75) is 0 Å². The molecule has 3 nitrogen and oxygen atoms in total. The monoisotopic (exact) mass is 110 g/mol. The fourth-order valence-corrected chi connectivity index (χ4v) is 0.178. The quantitative estimate of drug-likeness (QED) is 0.319. The first-order valence-electron chi connectivity index (χ1n) is 2.04. The van der Waals surface area contributed by atoms with Crippen molar-refractivity contribution in [1.29, 1.82) is 5.41 Å². The summed E-state index contributed by atoms with van der Waals surface area (Å²) in [7, 11) is 0. The van der Waals surface area contributed by atoms with Gasteiger partial charge in [0.1, 0.15) is 6.29 Å². The first-order valence-corrected chi connectivity index (χ1v) is 2.04. The fourth-order valence-electron chi connectivity index (χ4n) is 0.178. The average Bonchev–Trinajstić information content (AvgIpc) is 1.81. The van der Waals surface area contributed by atoms with Crippen molar-refractivity contribution < 1.29 is 4.79 Å². The summed E-state index contributed by atoms with van der Waals surface area (Å²) < 4.78 is 0. The molecular formula is C5H6N2O. The van der Waals surface area contributed by atoms with Crippen LogP contribution in [-0.4, -0.2) is 18.7 Å². The maximum absolute atomic E-state index is 9.55. The lowest BCUT2D eigenvalue weighted by Crippen LogP contribution is -1.66. The van der Waals surface area contributed by atoms with Crippen molar-refractivity contribution in [2.24, 2.45) is 4.99 Å². The van der Waals surface area contributed by atoms with E-state index in [-0.39, 0.29) is 0 Å². The third-order valence-electron chi connectivity index (χ3n) is 0.411. The number of nitrogens with zero attached hydrogens (tertiary/aromatic N) is 1. The van der Waals surface area contributed by atoms with Crippen LogP contribution in [0.1, 0.15) is 0 Å². The van der Waals surface area contributed by atoms with Crippen molar-refractivity contribution in [3.8, 4) is 0 Å². The molecule has 0 aromatic rings. The van der Waals surface area contributed by atoms with Gasteiger partial charge >= 0.3 is 0 Å². The Balaban J connectivity index is 3.41. The fraction of sp³-hybridized carbons (Fsp3) is 0. The van der Waals surface area contributed by atoms with Crippen molar-refractivity contribution in [3.05, 3.63) is 12.3 Å². The second-order valence-corrected chi connectivity index (χ2v) is 0.942. The Kier molecular flexibility index (Phi) is 4.85. The van der Waals surface area contributed by atoms with Gasteiger partial charge in [0, 0.05) is 18.6 Å². The Morgan fingerprint density at radius 3 is 2.75 bits per heavy atom. The van der Waals surface area contributed by atoms with Gasteiger partial charge in [0.05, 0.1) is 0 Å². The van der Waals surface area contributed by atoms with Crippen LogP contribution >= 0.6 is 0 Å². The number of hydrogen-bond donors (Lipinski definition) is 1. The molecule has 0 rings (SSSR count). The number of nitrogens with one attached hydrogen (secondary N) is 1. The molecule has 0 saturated carbocycles. The van der Waals surface area contributed by atoms with E-state index in [0.717, 1.165) is 6.21 Å². The number of hydrogen-bond acceptors (Lipinski definition) is 3. The summed E-state index contributed by atoms with van der Waals surface area (Å²) in [5, 5.41) is 6.44. The van der Waals surface area contributed by atoms with Gasteiger partial charge in [0.15, 0.2) is 0 Å². The highest BCUT2D eigenvalue weighted by Crippen LogP contribution is 1.65. The molecule has 0 aliphatic heterocycles. The minimum absolute atomic E-state index is 0.626. The zero-order chi connectivity index (χ0) is 6.24. The van der Waals surface area contributed by atoms with Crippen LogP contribution in [-0.2, 0) is 4.79 Å². The molecule has 1 N–H and O–H groups in total. The van der Waals surface area contributed by atoms with Crippen LogP contribution in [0.25, 0.3) is 0 Å². The molecule has 8 heavy (non-hydrogen) atoms. The third-order valence-corrected chi connectivity index (χ3v) is 0.411. The third kappa shape index (κ3) is 4.75. The van der Waals surface area contributed by atoms with E-state index in [1.54, 1.807) is 0 Å². The van der Waals surface area contributed by atoms with Gasteiger partial charge in [-0.15, -0.1) is 0 Å². The summed E-state index contributed by atoms with van der Waals surface area (Å²) in [6.45, 7) is 0. The molecule has 0 aromatic heterocycles. The average molecular weight is 110 g/mol. The van der Waals surface area contributed by atoms with Crippen molar-refractivity contribution >= 4 is 18.7 Å². The van der Waals surface area contributed by atoms with E-state index in [1.165, 1.54) is 18.5 Å². The molecule has 0 fully saturated rings. The first kappa shape index (κ1) is 6.75. The molecule has 0 spiro atoms. The lowest BCUT2D eigenvalue weighted by atomic mass is 10.7. The maximum Gasteiger partial charge on any atom is 0.144 e. The molecule has 3 heteroatoms. The Bertz CT molecular complexity index is 110. The second-order valence-electron chi connectivity index (χ2n) is 0.942. The largest absolute Gasteiger partial charge is 0.307 e. The van der Waals surface area contributed by atoms with Crippen LogP contribution in [0.5, 0.6) is 0 Å². The predicted octanol–water partition coefficient (Wildman–Crippen LogP) is 0.419. The molecule has 42 valence electrons. The molecule has 0 aliphatic carbocycles. The SMILES string of the molecule is N=CC=N/C=C/C=O. The smallest absolute Gasteiger partial charge is 0.144 e. The standard InChI is InChI=1S/C5H6N2O/c6-2-4-7-3-1-5-8/h1-6H/b3-1+,6-2?,7-4?. The van der Waals surface area contributed by atoms with Crippen LogP contribution < -0.4 is 0 Å². The van der Waals surface area contributed by atoms with Gasteiger partial charge in [-0.05, 0) is 6.08 Å². The number of carbonyl (C=O) groups excluding carboxylic acids is 1. The highest BCUT2D eigenvalue weighted by atomic mass is 16.1. The molecule has 0 bridgehead atoms. The van der Waals surface area contributed by atoms with Gasteiger partial charge in [-0.2, -0.15) is 0 Å². The molecule has 0 heterocycles. The van der Waals surface area contributed by atoms with Gasteiger partial charge in [-0.25, -0.2) is 0 Å². The van der Waals surface area contributed by atoms with Crippen LogP contribution in [0, 0.1) is 5.41 Å². The van der Waals surface area contributed by atoms with Gasteiger partial charge < -0.3 is 5.41 Å². The van der Waals surface area contributed by atoms with Crippen LogP contribution in [0.2, 0.25) is 0 Å². The van der Waals surface area contributed by atoms with Gasteiger partial charge in [-0.1, -0.05) is 0 Å². The number of carbonyl (C=O) groups is 1. The van der Waals surface area contributed by atoms with Gasteiger partial charge in [0.2, 0.25) is 0 Å². The van der Waals surface area contributed by atoms with E-state index < -0.39 is 0 Å². The molecule has 0 unspecified atom stereocenters. The zero-order valence-corrected chi connectivity index (χ0v) is 4.24. The molecule has 0 saturated heterocycles. The molecule has 0 radical (unpaired) electrons. The van der Waals surface area contributed by atoms with Crippen molar-refractivity contribution in [2.75, 3.05) is 0 Å². The van der Waals surface area contributed by atoms with Crippen LogP contribution in [0.4, 0.5) is 0 Å². The summed E-state index contributed by atoms with van der Waals surface area (Å²) in [4.78, 5) is 13.0. The Morgan fingerprint density at radius 1 is 1.50 bits per heavy atom. The van der Waals surface area contributed by atoms with Gasteiger partial charge in [0.25, 0.3) is 0 Å². The van der Waals surface area contributed by atoms with Crippen molar-refractivity contribution in [3.63, 3.8) is 0 Å². The lowest BCUT2D eigenvalue weighted by Gasteiger charge is -1.65. The van der Waals surface area contributed by atoms with E-state index >= 15 is 0 Å². The Morgan fingerprint density at radius 2 is 2.25 bits per heavy atom. The summed E-state index contributed by atoms with van der Waals surface area (Å²) >= 11 is 0. The van der Waals surface area contributed by atoms with E-state index in [9.17, 15) is 4.79 Å². The van der Waals surface area contributed by atoms with Crippen molar-refractivity contribution in [1.82, 2.24) is 0 Å². The van der Waals surface area contributed by atoms with E-state index in [4.69, 9.17) is 5.41 Å². The van der Waals surface area contributed by atoms with Crippen LogP contribution in [0.3, 0.4) is 0 Å². The normalized spacial score (nSPS) is 10.5. The van der Waals surface area contributed by atoms with E-state index in [0.29, 0.717) is 6.29 Å². The molecule has 0 aliphatic rings. The molecule has 0 aromatic carbocycles. The lowest BCUT2D eigenvalue weighted by molar-refractivity contribution is -0.104. The van der Waals surface area contributed by atoms with E-state index in [2.05, 4.69) is 4.99 Å². The van der Waals surface area contributed by atoms with E-state index in [1.807, 2.05) is 0 Å². The summed E-state index contributed by atoms with van der Waals surface area (Å²) in [5.41, 5.74) is 0. The Labute approximate surface area is 47.3 Å². The first-order chi connectivity index (χ1) is 3.91. The number of aldehydes is 1. The van der Waals surface area contributed by atoms with Gasteiger partial charge in [-0.3, -0.25) is 9.79 Å². The van der Waals surface area contributed by atoms with Crippen LogP contribution in [0.15, 0.2) is 17.3 Å². The summed E-state index contributed by atoms with van der Waals surface area (Å²) in [5.74, 6) is 0. The highest BCUT2D eigenvalue weighted by molar-refractivity contribution is 6.14. The zero-order valence-electron chi connectivity index (χ0n) is 4.24. The maximum atomic E-state index is 9.55. The molecular weight excluding hydrogens is 104 g/mol. The topological polar surface area (TPSA) is 53.3 Å². The number of allylic oxidation sites excluding steroid dienone is 1. The Hall–Kier alpha value is -1.25. The summed E-state index contributed by atoms with van der Waals surface area (Å²) in [6.07, 6.45) is 5.51.